The number of furan rings is 1. The normalized spacial score (nSPS) is 10.6. The van der Waals surface area contributed by atoms with Crippen LogP contribution in [0.4, 0.5) is 0 Å². The van der Waals surface area contributed by atoms with Gasteiger partial charge in [0.25, 0.3) is 0 Å². The summed E-state index contributed by atoms with van der Waals surface area (Å²) in [6, 6.07) is 10.1. The van der Waals surface area contributed by atoms with Gasteiger partial charge in [0.05, 0.1) is 20.8 Å². The minimum atomic E-state index is 0.770. The summed E-state index contributed by atoms with van der Waals surface area (Å²) in [6.45, 7) is 3.85. The van der Waals surface area contributed by atoms with Gasteiger partial charge in [-0.15, -0.1) is 0 Å². The average Bonchev–Trinajstić information content (AvgIpc) is 2.89. The monoisotopic (exact) mass is 276 g/mol. The van der Waals surface area contributed by atoms with Crippen LogP contribution >= 0.6 is 0 Å². The third-order valence-corrected chi connectivity index (χ3v) is 3.23. The molecule has 108 valence electrons. The quantitative estimate of drug-likeness (QED) is 0.786. The molecule has 0 radical (unpaired) electrons. The first kappa shape index (κ1) is 14.5. The maximum absolute atomic E-state index is 5.53. The molecule has 4 heteroatoms. The molecule has 1 aromatic carbocycles. The largest absolute Gasteiger partial charge is 0.493 e. The molecule has 1 heterocycles. The number of rotatable bonds is 7. The molecule has 0 atom stereocenters. The molecule has 0 fully saturated rings. The lowest BCUT2D eigenvalue weighted by atomic mass is 10.1. The van der Waals surface area contributed by atoms with E-state index in [1.165, 1.54) is 5.56 Å². The predicted octanol–water partition coefficient (Wildman–Crippen LogP) is 1.91. The van der Waals surface area contributed by atoms with Gasteiger partial charge in [0.2, 0.25) is 0 Å². The van der Waals surface area contributed by atoms with Crippen molar-refractivity contribution in [3.05, 3.63) is 47.4 Å². The van der Waals surface area contributed by atoms with E-state index in [4.69, 9.17) is 13.9 Å². The number of methoxy groups -OCH3 is 2. The van der Waals surface area contributed by atoms with Crippen molar-refractivity contribution in [3.8, 4) is 11.5 Å². The molecular weight excluding hydrogens is 254 g/mol. The number of benzene rings is 1. The Morgan fingerprint density at radius 2 is 1.85 bits per heavy atom. The Hall–Kier alpha value is -1.94. The lowest BCUT2D eigenvalue weighted by molar-refractivity contribution is -0.671. The van der Waals surface area contributed by atoms with Crippen molar-refractivity contribution >= 4 is 0 Å². The number of hydrogen-bond acceptors (Lipinski definition) is 3. The predicted molar refractivity (Wildman–Crippen MR) is 77.2 cm³/mol. The van der Waals surface area contributed by atoms with Gasteiger partial charge in [0.15, 0.2) is 17.3 Å². The molecule has 0 saturated carbocycles. The van der Waals surface area contributed by atoms with Crippen molar-refractivity contribution in [2.24, 2.45) is 0 Å². The summed E-state index contributed by atoms with van der Waals surface area (Å²) >= 11 is 0. The van der Waals surface area contributed by atoms with Crippen LogP contribution in [0.2, 0.25) is 0 Å². The van der Waals surface area contributed by atoms with Gasteiger partial charge in [-0.1, -0.05) is 6.07 Å². The SMILES string of the molecule is COc1ccc(CC[NH2+]Cc2ccc(C)o2)cc1OC. The van der Waals surface area contributed by atoms with Gasteiger partial charge in [-0.05, 0) is 36.8 Å². The smallest absolute Gasteiger partial charge is 0.160 e. The lowest BCUT2D eigenvalue weighted by Crippen LogP contribution is -2.83. The van der Waals surface area contributed by atoms with Gasteiger partial charge < -0.3 is 19.2 Å². The fourth-order valence-electron chi connectivity index (χ4n) is 2.14. The first-order chi connectivity index (χ1) is 9.72. The number of quaternary nitrogens is 1. The van der Waals surface area contributed by atoms with E-state index in [1.54, 1.807) is 14.2 Å². The minimum Gasteiger partial charge on any atom is -0.493 e. The van der Waals surface area contributed by atoms with Crippen LogP contribution in [0, 0.1) is 6.92 Å². The maximum atomic E-state index is 5.53. The van der Waals surface area contributed by atoms with E-state index in [0.717, 1.165) is 42.5 Å². The van der Waals surface area contributed by atoms with E-state index in [-0.39, 0.29) is 0 Å². The van der Waals surface area contributed by atoms with Crippen LogP contribution in [0.5, 0.6) is 11.5 Å². The molecule has 0 spiro atoms. The fraction of sp³-hybridized carbons (Fsp3) is 0.375. The van der Waals surface area contributed by atoms with Gasteiger partial charge in [-0.3, -0.25) is 0 Å². The van der Waals surface area contributed by atoms with Crippen molar-refractivity contribution < 1.29 is 19.2 Å². The summed E-state index contributed by atoms with van der Waals surface area (Å²) in [4.78, 5) is 0. The topological polar surface area (TPSA) is 48.2 Å². The second-order valence-electron chi connectivity index (χ2n) is 4.73. The van der Waals surface area contributed by atoms with E-state index >= 15 is 0 Å². The highest BCUT2D eigenvalue weighted by Crippen LogP contribution is 2.27. The molecule has 2 N–H and O–H groups in total. The number of nitrogens with two attached hydrogens (primary N) is 1. The third-order valence-electron chi connectivity index (χ3n) is 3.23. The van der Waals surface area contributed by atoms with Crippen LogP contribution in [0.1, 0.15) is 17.1 Å². The number of ether oxygens (including phenoxy) is 2. The summed E-state index contributed by atoms with van der Waals surface area (Å²) in [5.74, 6) is 3.54. The molecule has 2 rings (SSSR count). The summed E-state index contributed by atoms with van der Waals surface area (Å²) in [5, 5.41) is 2.25. The Labute approximate surface area is 119 Å². The molecule has 0 bridgehead atoms. The molecule has 0 aliphatic rings. The van der Waals surface area contributed by atoms with E-state index in [1.807, 2.05) is 31.2 Å². The zero-order chi connectivity index (χ0) is 14.4. The molecule has 1 aromatic heterocycles. The highest BCUT2D eigenvalue weighted by Gasteiger charge is 2.05. The van der Waals surface area contributed by atoms with Gasteiger partial charge in [0, 0.05) is 6.42 Å². The van der Waals surface area contributed by atoms with Gasteiger partial charge in [-0.2, -0.15) is 0 Å². The van der Waals surface area contributed by atoms with Gasteiger partial charge in [-0.25, -0.2) is 0 Å². The molecule has 0 aliphatic heterocycles. The van der Waals surface area contributed by atoms with Crippen LogP contribution in [0.15, 0.2) is 34.7 Å². The van der Waals surface area contributed by atoms with Crippen molar-refractivity contribution in [1.29, 1.82) is 0 Å². The van der Waals surface area contributed by atoms with Crippen molar-refractivity contribution in [2.45, 2.75) is 19.9 Å². The second kappa shape index (κ2) is 7.01. The summed E-state index contributed by atoms with van der Waals surface area (Å²) in [7, 11) is 3.31. The summed E-state index contributed by atoms with van der Waals surface area (Å²) in [5.41, 5.74) is 1.24. The Morgan fingerprint density at radius 1 is 1.05 bits per heavy atom. The van der Waals surface area contributed by atoms with Crippen LogP contribution in [-0.2, 0) is 13.0 Å². The average molecular weight is 276 g/mol. The zero-order valence-corrected chi connectivity index (χ0v) is 12.3. The highest BCUT2D eigenvalue weighted by atomic mass is 16.5. The Kier molecular flexibility index (Phi) is 5.07. The van der Waals surface area contributed by atoms with E-state index < -0.39 is 0 Å². The van der Waals surface area contributed by atoms with Gasteiger partial charge in [0.1, 0.15) is 12.3 Å². The maximum Gasteiger partial charge on any atom is 0.160 e. The van der Waals surface area contributed by atoms with Crippen molar-refractivity contribution in [2.75, 3.05) is 20.8 Å². The molecule has 20 heavy (non-hydrogen) atoms. The molecule has 0 amide bonds. The first-order valence-electron chi connectivity index (χ1n) is 6.81. The lowest BCUT2D eigenvalue weighted by Gasteiger charge is -2.09. The minimum absolute atomic E-state index is 0.770. The van der Waals surface area contributed by atoms with Crippen LogP contribution < -0.4 is 14.8 Å². The van der Waals surface area contributed by atoms with Crippen LogP contribution in [0.3, 0.4) is 0 Å². The molecule has 0 saturated heterocycles. The fourth-order valence-corrected chi connectivity index (χ4v) is 2.14. The molecule has 4 nitrogen and oxygen atoms in total. The zero-order valence-electron chi connectivity index (χ0n) is 12.3. The first-order valence-corrected chi connectivity index (χ1v) is 6.81. The second-order valence-corrected chi connectivity index (χ2v) is 4.73. The van der Waals surface area contributed by atoms with E-state index in [0.29, 0.717) is 0 Å². The molecule has 0 unspecified atom stereocenters. The Balaban J connectivity index is 1.82. The van der Waals surface area contributed by atoms with Crippen LogP contribution in [-0.4, -0.2) is 20.8 Å². The third kappa shape index (κ3) is 3.78. The van der Waals surface area contributed by atoms with Gasteiger partial charge >= 0.3 is 0 Å². The summed E-state index contributed by atoms with van der Waals surface area (Å²) < 4.78 is 16.1. The van der Waals surface area contributed by atoms with Crippen molar-refractivity contribution in [3.63, 3.8) is 0 Å². The Morgan fingerprint density at radius 3 is 2.50 bits per heavy atom. The highest BCUT2D eigenvalue weighted by molar-refractivity contribution is 5.42. The Bertz CT molecular complexity index is 548. The van der Waals surface area contributed by atoms with Crippen LogP contribution in [0.25, 0.3) is 0 Å². The standard InChI is InChI=1S/C16H21NO3/c1-12-4-6-14(20-12)11-17-9-8-13-5-7-15(18-2)16(10-13)19-3/h4-7,10,17H,8-9,11H2,1-3H3/p+1. The van der Waals surface area contributed by atoms with E-state index in [2.05, 4.69) is 11.4 Å². The molecular formula is C16H22NO3+. The van der Waals surface area contributed by atoms with Crippen molar-refractivity contribution in [1.82, 2.24) is 0 Å². The molecule has 0 aliphatic carbocycles. The number of hydrogen-bond donors (Lipinski definition) is 1. The molecule has 2 aromatic rings. The van der Waals surface area contributed by atoms with E-state index in [9.17, 15) is 0 Å². The number of aryl methyl sites for hydroxylation is 1. The summed E-state index contributed by atoms with van der Waals surface area (Å²) in [6.07, 6.45) is 0.986.